The molecule has 18 heavy (non-hydrogen) atoms. The van der Waals surface area contributed by atoms with Gasteiger partial charge < -0.3 is 10.5 Å². The van der Waals surface area contributed by atoms with E-state index in [2.05, 4.69) is 29.2 Å². The molecule has 1 heterocycles. The predicted octanol–water partition coefficient (Wildman–Crippen LogP) is 1.80. The van der Waals surface area contributed by atoms with Gasteiger partial charge in [0.2, 0.25) is 0 Å². The molecule has 2 N–H and O–H groups in total. The van der Waals surface area contributed by atoms with Crippen molar-refractivity contribution < 1.29 is 4.74 Å². The second kappa shape index (κ2) is 6.88. The third-order valence-electron chi connectivity index (χ3n) is 3.80. The molecule has 1 aliphatic heterocycles. The lowest BCUT2D eigenvalue weighted by Crippen LogP contribution is -2.31. The number of methoxy groups -OCH3 is 1. The molecule has 1 aromatic rings. The first-order chi connectivity index (χ1) is 8.83. The summed E-state index contributed by atoms with van der Waals surface area (Å²) in [6, 6.07) is 8.80. The van der Waals surface area contributed by atoms with E-state index in [-0.39, 0.29) is 6.10 Å². The number of hydrogen-bond acceptors (Lipinski definition) is 3. The summed E-state index contributed by atoms with van der Waals surface area (Å²) < 4.78 is 5.34. The van der Waals surface area contributed by atoms with E-state index in [1.165, 1.54) is 30.5 Å². The molecule has 0 aliphatic carbocycles. The zero-order valence-corrected chi connectivity index (χ0v) is 11.3. The normalized spacial score (nSPS) is 18.1. The molecule has 0 radical (unpaired) electrons. The van der Waals surface area contributed by atoms with Crippen LogP contribution in [-0.2, 0) is 17.7 Å². The maximum absolute atomic E-state index is 5.66. The van der Waals surface area contributed by atoms with Gasteiger partial charge in [-0.25, -0.2) is 0 Å². The van der Waals surface area contributed by atoms with E-state index >= 15 is 0 Å². The van der Waals surface area contributed by atoms with Crippen LogP contribution in [0.3, 0.4) is 0 Å². The largest absolute Gasteiger partial charge is 0.380 e. The summed E-state index contributed by atoms with van der Waals surface area (Å²) in [4.78, 5) is 2.52. The minimum absolute atomic E-state index is 0.198. The molecule has 0 saturated carbocycles. The Kier molecular flexibility index (Phi) is 5.17. The Morgan fingerprint density at radius 3 is 2.83 bits per heavy atom. The van der Waals surface area contributed by atoms with E-state index in [4.69, 9.17) is 10.5 Å². The minimum atomic E-state index is 0.198. The number of nitrogens with two attached hydrogens (primary N) is 1. The minimum Gasteiger partial charge on any atom is -0.380 e. The molecule has 3 heteroatoms. The van der Waals surface area contributed by atoms with Crippen molar-refractivity contribution in [2.45, 2.75) is 31.9 Å². The first kappa shape index (κ1) is 13.5. The van der Waals surface area contributed by atoms with Gasteiger partial charge in [0, 0.05) is 26.7 Å². The molecule has 1 aliphatic rings. The van der Waals surface area contributed by atoms with Crippen LogP contribution in [0.15, 0.2) is 24.3 Å². The molecule has 0 saturated heterocycles. The van der Waals surface area contributed by atoms with Gasteiger partial charge in [0.25, 0.3) is 0 Å². The van der Waals surface area contributed by atoms with E-state index < -0.39 is 0 Å². The molecule has 0 aromatic heterocycles. The van der Waals surface area contributed by atoms with Gasteiger partial charge in [-0.3, -0.25) is 4.90 Å². The highest BCUT2D eigenvalue weighted by molar-refractivity contribution is 5.27. The molecule has 2 rings (SSSR count). The Hall–Kier alpha value is -0.900. The van der Waals surface area contributed by atoms with E-state index in [1.54, 1.807) is 7.11 Å². The van der Waals surface area contributed by atoms with Crippen molar-refractivity contribution in [2.24, 2.45) is 5.73 Å². The van der Waals surface area contributed by atoms with Crippen LogP contribution in [0.5, 0.6) is 0 Å². The summed E-state index contributed by atoms with van der Waals surface area (Å²) in [6.45, 7) is 3.93. The fourth-order valence-corrected chi connectivity index (χ4v) is 2.62. The van der Waals surface area contributed by atoms with Crippen LogP contribution >= 0.6 is 0 Å². The van der Waals surface area contributed by atoms with E-state index in [1.807, 2.05) is 0 Å². The van der Waals surface area contributed by atoms with Gasteiger partial charge in [-0.05, 0) is 36.9 Å². The van der Waals surface area contributed by atoms with Crippen molar-refractivity contribution in [3.63, 3.8) is 0 Å². The van der Waals surface area contributed by atoms with Gasteiger partial charge >= 0.3 is 0 Å². The van der Waals surface area contributed by atoms with Gasteiger partial charge in [0.15, 0.2) is 0 Å². The highest BCUT2D eigenvalue weighted by atomic mass is 16.5. The highest BCUT2D eigenvalue weighted by Gasteiger charge is 2.15. The van der Waals surface area contributed by atoms with Gasteiger partial charge in [-0.15, -0.1) is 0 Å². The van der Waals surface area contributed by atoms with Crippen LogP contribution < -0.4 is 5.73 Å². The lowest BCUT2D eigenvalue weighted by Gasteiger charge is -2.22. The predicted molar refractivity (Wildman–Crippen MR) is 74.5 cm³/mol. The smallest absolute Gasteiger partial charge is 0.0705 e. The maximum atomic E-state index is 5.66. The van der Waals surface area contributed by atoms with Crippen LogP contribution in [0.2, 0.25) is 0 Å². The molecule has 0 amide bonds. The van der Waals surface area contributed by atoms with Crippen molar-refractivity contribution in [1.29, 1.82) is 0 Å². The number of rotatable bonds is 5. The molecule has 0 fully saturated rings. The molecular formula is C15H24N2O. The average Bonchev–Trinajstić information content (AvgIpc) is 2.61. The topological polar surface area (TPSA) is 38.5 Å². The summed E-state index contributed by atoms with van der Waals surface area (Å²) in [5.74, 6) is 0. The third kappa shape index (κ3) is 3.55. The first-order valence-corrected chi connectivity index (χ1v) is 6.85. The lowest BCUT2D eigenvalue weighted by atomic mass is 10.0. The number of aryl methyl sites for hydroxylation is 1. The fourth-order valence-electron chi connectivity index (χ4n) is 2.62. The number of ether oxygens (including phenoxy) is 1. The highest BCUT2D eigenvalue weighted by Crippen LogP contribution is 2.18. The Labute approximate surface area is 110 Å². The summed E-state index contributed by atoms with van der Waals surface area (Å²) in [5.41, 5.74) is 8.66. The van der Waals surface area contributed by atoms with E-state index in [0.29, 0.717) is 6.54 Å². The number of benzene rings is 1. The van der Waals surface area contributed by atoms with Crippen LogP contribution in [0.4, 0.5) is 0 Å². The Morgan fingerprint density at radius 2 is 2.11 bits per heavy atom. The van der Waals surface area contributed by atoms with Gasteiger partial charge in [0.1, 0.15) is 0 Å². The van der Waals surface area contributed by atoms with Crippen molar-refractivity contribution in [2.75, 3.05) is 26.7 Å². The summed E-state index contributed by atoms with van der Waals surface area (Å²) in [7, 11) is 1.75. The number of hydrogen-bond donors (Lipinski definition) is 1. The van der Waals surface area contributed by atoms with Gasteiger partial charge in [-0.2, -0.15) is 0 Å². The maximum Gasteiger partial charge on any atom is 0.0705 e. The quantitative estimate of drug-likeness (QED) is 0.863. The molecular weight excluding hydrogens is 224 g/mol. The number of nitrogens with zero attached hydrogens (tertiary/aromatic N) is 1. The van der Waals surface area contributed by atoms with Crippen LogP contribution in [0.25, 0.3) is 0 Å². The van der Waals surface area contributed by atoms with Crippen LogP contribution in [0, 0.1) is 0 Å². The lowest BCUT2D eigenvalue weighted by molar-refractivity contribution is 0.0885. The molecule has 0 spiro atoms. The second-order valence-corrected chi connectivity index (χ2v) is 5.03. The molecule has 0 bridgehead atoms. The molecule has 100 valence electrons. The van der Waals surface area contributed by atoms with Crippen LogP contribution in [0.1, 0.15) is 24.0 Å². The van der Waals surface area contributed by atoms with Gasteiger partial charge in [0.05, 0.1) is 6.10 Å². The third-order valence-corrected chi connectivity index (χ3v) is 3.80. The summed E-state index contributed by atoms with van der Waals surface area (Å²) >= 11 is 0. The fraction of sp³-hybridized carbons (Fsp3) is 0.600. The van der Waals surface area contributed by atoms with E-state index in [0.717, 1.165) is 19.5 Å². The summed E-state index contributed by atoms with van der Waals surface area (Å²) in [5, 5.41) is 0. The van der Waals surface area contributed by atoms with Crippen molar-refractivity contribution in [3.8, 4) is 0 Å². The van der Waals surface area contributed by atoms with E-state index in [9.17, 15) is 0 Å². The molecule has 1 aromatic carbocycles. The average molecular weight is 248 g/mol. The number of fused-ring (bicyclic) bond motifs is 1. The SMILES string of the molecule is COC(CN)CCN1CCCc2ccccc2C1. The van der Waals surface area contributed by atoms with Crippen molar-refractivity contribution in [1.82, 2.24) is 4.90 Å². The monoisotopic (exact) mass is 248 g/mol. The molecule has 1 unspecified atom stereocenters. The zero-order valence-electron chi connectivity index (χ0n) is 11.3. The van der Waals surface area contributed by atoms with Crippen molar-refractivity contribution in [3.05, 3.63) is 35.4 Å². The summed E-state index contributed by atoms with van der Waals surface area (Å²) in [6.07, 6.45) is 3.67. The second-order valence-electron chi connectivity index (χ2n) is 5.03. The molecule has 3 nitrogen and oxygen atoms in total. The zero-order chi connectivity index (χ0) is 12.8. The Balaban J connectivity index is 1.91. The Bertz CT molecular complexity index is 363. The van der Waals surface area contributed by atoms with Gasteiger partial charge in [-0.1, -0.05) is 24.3 Å². The Morgan fingerprint density at radius 1 is 1.33 bits per heavy atom. The first-order valence-electron chi connectivity index (χ1n) is 6.85. The molecule has 1 atom stereocenters. The van der Waals surface area contributed by atoms with Crippen molar-refractivity contribution >= 4 is 0 Å². The van der Waals surface area contributed by atoms with Crippen LogP contribution in [-0.4, -0.2) is 37.7 Å². The standard InChI is InChI=1S/C15H24N2O/c1-18-15(11-16)8-10-17-9-4-7-13-5-2-3-6-14(13)12-17/h2-3,5-6,15H,4,7-12,16H2,1H3.